The highest BCUT2D eigenvalue weighted by molar-refractivity contribution is 6.19. The van der Waals surface area contributed by atoms with E-state index in [9.17, 15) is 19.2 Å². The summed E-state index contributed by atoms with van der Waals surface area (Å²) in [5.41, 5.74) is 8.58. The predicted octanol–water partition coefficient (Wildman–Crippen LogP) is 4.54. The lowest BCUT2D eigenvalue weighted by Gasteiger charge is -2.35. The average Bonchev–Trinajstić information content (AvgIpc) is 3.88. The Morgan fingerprint density at radius 2 is 1.77 bits per heavy atom. The van der Waals surface area contributed by atoms with Crippen molar-refractivity contribution in [1.29, 1.82) is 0 Å². The number of fused-ring (bicyclic) bond motifs is 8. The molecule has 15 nitrogen and oxygen atoms in total. The van der Waals surface area contributed by atoms with Crippen molar-refractivity contribution in [3.8, 4) is 17.1 Å². The Balaban J connectivity index is 0.825. The number of anilines is 2. The molecule has 2 aromatic carbocycles. The average molecular weight is 813 g/mol. The van der Waals surface area contributed by atoms with Crippen LogP contribution in [0.4, 0.5) is 11.4 Å². The number of carbonyl (C=O) groups excluding carboxylic acids is 4. The fourth-order valence-corrected chi connectivity index (χ4v) is 9.25. The van der Waals surface area contributed by atoms with E-state index in [1.165, 1.54) is 5.56 Å². The number of piperazine rings is 1. The number of aromatic nitrogens is 3. The largest absolute Gasteiger partial charge is 0.477 e. The molecule has 15 heteroatoms. The molecule has 2 bridgehead atoms. The van der Waals surface area contributed by atoms with Crippen molar-refractivity contribution in [3.63, 3.8) is 0 Å². The molecule has 2 atom stereocenters. The van der Waals surface area contributed by atoms with Crippen LogP contribution in [0.15, 0.2) is 59.7 Å². The van der Waals surface area contributed by atoms with Crippen LogP contribution in [0.25, 0.3) is 11.3 Å². The Bertz CT molecular complexity index is 2380. The molecule has 2 N–H and O–H groups in total. The van der Waals surface area contributed by atoms with Gasteiger partial charge in [-0.3, -0.25) is 34.4 Å². The summed E-state index contributed by atoms with van der Waals surface area (Å²) in [7, 11) is 1.85. The lowest BCUT2D eigenvalue weighted by Crippen LogP contribution is -2.52. The minimum absolute atomic E-state index is 0.126. The molecule has 2 aromatic heterocycles. The maximum atomic E-state index is 13.8. The van der Waals surface area contributed by atoms with Crippen molar-refractivity contribution in [2.24, 2.45) is 18.0 Å². The van der Waals surface area contributed by atoms with Crippen LogP contribution in [-0.2, 0) is 36.1 Å². The zero-order chi connectivity index (χ0) is 41.5. The van der Waals surface area contributed by atoms with E-state index in [4.69, 9.17) is 9.72 Å². The number of nitrogens with one attached hydrogen (secondary N) is 2. The zero-order valence-electron chi connectivity index (χ0n) is 34.6. The fourth-order valence-electron chi connectivity index (χ4n) is 9.25. The number of imide groups is 1. The van der Waals surface area contributed by atoms with Gasteiger partial charge >= 0.3 is 0 Å². The van der Waals surface area contributed by atoms with Crippen LogP contribution >= 0.6 is 0 Å². The number of aliphatic imine (C=N–C) groups is 1. The molecule has 312 valence electrons. The van der Waals surface area contributed by atoms with Crippen LogP contribution in [0.2, 0.25) is 0 Å². The van der Waals surface area contributed by atoms with Gasteiger partial charge < -0.3 is 24.8 Å². The summed E-state index contributed by atoms with van der Waals surface area (Å²) in [4.78, 5) is 69.5. The summed E-state index contributed by atoms with van der Waals surface area (Å²) >= 11 is 0. The van der Waals surface area contributed by atoms with E-state index < -0.39 is 6.04 Å². The van der Waals surface area contributed by atoms with Crippen molar-refractivity contribution in [3.05, 3.63) is 88.2 Å². The van der Waals surface area contributed by atoms with Gasteiger partial charge in [0.2, 0.25) is 23.7 Å². The Morgan fingerprint density at radius 3 is 2.60 bits per heavy atom. The third kappa shape index (κ3) is 8.03. The van der Waals surface area contributed by atoms with Crippen molar-refractivity contribution < 1.29 is 23.9 Å². The first-order chi connectivity index (χ1) is 29.1. The second-order valence-electron chi connectivity index (χ2n) is 16.9. The summed E-state index contributed by atoms with van der Waals surface area (Å²) in [6.45, 7) is 11.4. The van der Waals surface area contributed by atoms with Crippen molar-refractivity contribution in [2.45, 2.75) is 71.5 Å². The van der Waals surface area contributed by atoms with E-state index in [1.54, 1.807) is 27.9 Å². The molecular weight excluding hydrogens is 761 g/mol. The minimum Gasteiger partial charge on any atom is -0.477 e. The molecule has 1 unspecified atom stereocenters. The van der Waals surface area contributed by atoms with Gasteiger partial charge in [-0.2, -0.15) is 10.1 Å². The first kappa shape index (κ1) is 39.5. The summed E-state index contributed by atoms with van der Waals surface area (Å²) in [6.07, 6.45) is 5.98. The number of ether oxygens (including phenoxy) is 1. The molecule has 0 saturated carbocycles. The molecule has 0 radical (unpaired) electrons. The maximum Gasteiger partial charge on any atom is 0.280 e. The van der Waals surface area contributed by atoms with Crippen LogP contribution in [0, 0.1) is 12.8 Å². The van der Waals surface area contributed by atoms with E-state index in [2.05, 4.69) is 66.6 Å². The van der Waals surface area contributed by atoms with Gasteiger partial charge in [-0.25, -0.2) is 4.68 Å². The number of aryl methyl sites for hydroxylation is 3. The third-order valence-electron chi connectivity index (χ3n) is 12.5. The van der Waals surface area contributed by atoms with Crippen molar-refractivity contribution in [1.82, 2.24) is 34.8 Å². The number of hydrogen-bond acceptors (Lipinski definition) is 11. The molecule has 7 heterocycles. The third-order valence-corrected chi connectivity index (χ3v) is 12.5. The molecule has 5 aliphatic heterocycles. The van der Waals surface area contributed by atoms with Gasteiger partial charge in [0.15, 0.2) is 0 Å². The van der Waals surface area contributed by atoms with Crippen LogP contribution in [0.1, 0.15) is 82.1 Å². The van der Waals surface area contributed by atoms with E-state index in [0.717, 1.165) is 93.0 Å². The quantitative estimate of drug-likeness (QED) is 0.253. The molecular formula is C45H52N10O5. The number of carbonyl (C=O) groups is 4. The van der Waals surface area contributed by atoms with Gasteiger partial charge in [-0.15, -0.1) is 0 Å². The number of piperidine rings is 1. The Kier molecular flexibility index (Phi) is 10.9. The monoisotopic (exact) mass is 812 g/mol. The smallest absolute Gasteiger partial charge is 0.280 e. The molecule has 60 heavy (non-hydrogen) atoms. The molecule has 4 amide bonds. The normalized spacial score (nSPS) is 22.1. The predicted molar refractivity (Wildman–Crippen MR) is 227 cm³/mol. The molecule has 0 spiro atoms. The number of amides is 4. The SMILES string of the molecule is Cc1cc2cc(n1)-c1cnn(C)c1OCCC[C@@H](C)CN1/C(=N/C2=O)Nc2ccc(CN3CCN(CCCc4cccc5c4CN(C4CCC(=O)NC4=O)C5=O)CC3)cc21. The van der Waals surface area contributed by atoms with Gasteiger partial charge in [0, 0.05) is 76.1 Å². The van der Waals surface area contributed by atoms with Gasteiger partial charge in [0.1, 0.15) is 6.04 Å². The standard InChI is InChI=1S/C45H52N10O5/c1-28-7-6-20-60-44-34(24-46-51(44)3)37-23-32(21-29(2)47-37)41(57)50-45-48-36-12-11-30(22-39(36)55(45)25-28)26-53-18-16-52(17-19-53)15-5-9-31-8-4-10-33-35(31)27-54(43(33)59)38-13-14-40(56)49-42(38)58/h4,8,10-12,21-24,28,38H,5-7,9,13-20,25-27H2,1-3H3,(H,48,50,57)(H,49,56,58)/t28-,38?/m1/s1. The highest BCUT2D eigenvalue weighted by Crippen LogP contribution is 2.36. The van der Waals surface area contributed by atoms with Gasteiger partial charge in [0.25, 0.3) is 11.8 Å². The first-order valence-electron chi connectivity index (χ1n) is 21.2. The Hall–Kier alpha value is -5.93. The van der Waals surface area contributed by atoms with Gasteiger partial charge in [-0.1, -0.05) is 25.1 Å². The Labute approximate surface area is 349 Å². The zero-order valence-corrected chi connectivity index (χ0v) is 34.6. The summed E-state index contributed by atoms with van der Waals surface area (Å²) in [5.74, 6) is 0.355. The summed E-state index contributed by atoms with van der Waals surface area (Å²) in [6, 6.07) is 15.4. The minimum atomic E-state index is -0.604. The fraction of sp³-hybridized carbons (Fsp3) is 0.444. The van der Waals surface area contributed by atoms with Crippen LogP contribution < -0.4 is 20.3 Å². The summed E-state index contributed by atoms with van der Waals surface area (Å²) < 4.78 is 7.96. The van der Waals surface area contributed by atoms with Gasteiger partial charge in [0.05, 0.1) is 35.4 Å². The van der Waals surface area contributed by atoms with Crippen LogP contribution in [0.5, 0.6) is 5.88 Å². The lowest BCUT2D eigenvalue weighted by atomic mass is 9.99. The first-order valence-corrected chi connectivity index (χ1v) is 21.2. The number of hydrogen-bond donors (Lipinski definition) is 2. The molecule has 0 aliphatic carbocycles. The number of benzene rings is 2. The van der Waals surface area contributed by atoms with Crippen LogP contribution in [0.3, 0.4) is 0 Å². The van der Waals surface area contributed by atoms with E-state index >= 15 is 0 Å². The van der Waals surface area contributed by atoms with E-state index in [0.29, 0.717) is 66.4 Å². The van der Waals surface area contributed by atoms with Crippen molar-refractivity contribution >= 4 is 41.0 Å². The number of rotatable bonds is 7. The topological polar surface area (TPSA) is 158 Å². The molecule has 9 rings (SSSR count). The number of guanidine groups is 1. The van der Waals surface area contributed by atoms with E-state index in [1.807, 2.05) is 26.1 Å². The van der Waals surface area contributed by atoms with Crippen LogP contribution in [-0.4, -0.2) is 111 Å². The highest BCUT2D eigenvalue weighted by Gasteiger charge is 2.40. The molecule has 2 saturated heterocycles. The van der Waals surface area contributed by atoms with Crippen molar-refractivity contribution in [2.75, 3.05) is 56.1 Å². The Morgan fingerprint density at radius 1 is 0.933 bits per heavy atom. The van der Waals surface area contributed by atoms with Gasteiger partial charge in [-0.05, 0) is 98.5 Å². The lowest BCUT2D eigenvalue weighted by molar-refractivity contribution is -0.136. The van der Waals surface area contributed by atoms with E-state index in [-0.39, 0.29) is 30.0 Å². The molecule has 2 fully saturated rings. The molecule has 5 aliphatic rings. The second-order valence-corrected chi connectivity index (χ2v) is 16.9. The molecule has 4 aromatic rings. The summed E-state index contributed by atoms with van der Waals surface area (Å²) in [5, 5.41) is 10.3. The number of nitrogens with zero attached hydrogens (tertiary/aromatic N) is 8. The second kappa shape index (κ2) is 16.6. The number of pyridine rings is 1. The maximum absolute atomic E-state index is 13.8. The highest BCUT2D eigenvalue weighted by atomic mass is 16.5.